The molecule has 2 atom stereocenters. The maximum atomic E-state index is 6.00. The zero-order valence-corrected chi connectivity index (χ0v) is 22.7. The molecule has 1 aliphatic carbocycles. The van der Waals surface area contributed by atoms with Crippen LogP contribution in [-0.4, -0.2) is 41.0 Å². The molecule has 2 aromatic heterocycles. The van der Waals surface area contributed by atoms with Gasteiger partial charge in [0.25, 0.3) is 0 Å². The van der Waals surface area contributed by atoms with Gasteiger partial charge in [0.05, 0.1) is 31.0 Å². The Labute approximate surface area is 225 Å². The van der Waals surface area contributed by atoms with Crippen LogP contribution in [0.15, 0.2) is 54.7 Å². The highest BCUT2D eigenvalue weighted by Gasteiger charge is 2.42. The van der Waals surface area contributed by atoms with Crippen molar-refractivity contribution in [3.05, 3.63) is 77.4 Å². The number of thiocarbonyl (C=S) groups is 1. The quantitative estimate of drug-likeness (QED) is 0.420. The lowest BCUT2D eigenvalue weighted by Gasteiger charge is -2.31. The highest BCUT2D eigenvalue weighted by atomic mass is 32.1. The molecule has 0 amide bonds. The third-order valence-corrected chi connectivity index (χ3v) is 8.70. The van der Waals surface area contributed by atoms with Crippen LogP contribution in [0, 0.1) is 13.8 Å². The molecule has 3 aromatic rings. The molecule has 37 heavy (non-hydrogen) atoms. The molecule has 0 spiro atoms. The predicted octanol–water partition coefficient (Wildman–Crippen LogP) is 6.02. The molecule has 0 bridgehead atoms. The molecule has 1 aromatic carbocycles. The minimum atomic E-state index is -0.0204. The second-order valence-corrected chi connectivity index (χ2v) is 11.0. The summed E-state index contributed by atoms with van der Waals surface area (Å²) in [4.78, 5) is 9.45. The Bertz CT molecular complexity index is 1230. The Hall–Kier alpha value is -2.90. The van der Waals surface area contributed by atoms with Crippen LogP contribution >= 0.6 is 12.2 Å². The topological polar surface area (TPSA) is 45.6 Å². The number of nitrogens with one attached hydrogen (secondary N) is 1. The number of aromatic nitrogens is 2. The zero-order chi connectivity index (χ0) is 25.4. The second kappa shape index (κ2) is 10.5. The van der Waals surface area contributed by atoms with Gasteiger partial charge in [-0.3, -0.25) is 4.98 Å². The number of pyridine rings is 1. The maximum Gasteiger partial charge on any atom is 0.174 e. The van der Waals surface area contributed by atoms with Crippen molar-refractivity contribution in [2.24, 2.45) is 0 Å². The molecule has 0 radical (unpaired) electrons. The van der Waals surface area contributed by atoms with Crippen LogP contribution in [0.3, 0.4) is 0 Å². The highest BCUT2D eigenvalue weighted by Crippen LogP contribution is 2.44. The van der Waals surface area contributed by atoms with Gasteiger partial charge in [-0.05, 0) is 86.9 Å². The van der Waals surface area contributed by atoms with Crippen LogP contribution in [0.1, 0.15) is 72.9 Å². The molecule has 6 rings (SSSR count). The Kier molecular flexibility index (Phi) is 6.91. The summed E-state index contributed by atoms with van der Waals surface area (Å²) in [6, 6.07) is 18.0. The van der Waals surface area contributed by atoms with Gasteiger partial charge in [-0.1, -0.05) is 25.3 Å². The second-order valence-electron chi connectivity index (χ2n) is 10.6. The van der Waals surface area contributed by atoms with Crippen molar-refractivity contribution in [3.8, 4) is 0 Å². The summed E-state index contributed by atoms with van der Waals surface area (Å²) in [5, 5.41) is 4.39. The van der Waals surface area contributed by atoms with Gasteiger partial charge in [0.1, 0.15) is 0 Å². The zero-order valence-electron chi connectivity index (χ0n) is 21.9. The van der Waals surface area contributed by atoms with E-state index in [1.54, 1.807) is 0 Å². The normalized spacial score (nSPS) is 22.9. The maximum absolute atomic E-state index is 6.00. The van der Waals surface area contributed by atoms with E-state index in [9.17, 15) is 0 Å². The van der Waals surface area contributed by atoms with Crippen molar-refractivity contribution in [2.45, 2.75) is 64.1 Å². The summed E-state index contributed by atoms with van der Waals surface area (Å²) in [7, 11) is 0. The molecular formula is C30H37N5OS. The van der Waals surface area contributed by atoms with Gasteiger partial charge in [0, 0.05) is 48.1 Å². The van der Waals surface area contributed by atoms with Crippen molar-refractivity contribution in [2.75, 3.05) is 36.1 Å². The summed E-state index contributed by atoms with van der Waals surface area (Å²) in [5.74, 6) is 0. The number of morpholine rings is 1. The lowest BCUT2D eigenvalue weighted by molar-refractivity contribution is 0.122. The van der Waals surface area contributed by atoms with Crippen molar-refractivity contribution in [1.29, 1.82) is 0 Å². The van der Waals surface area contributed by atoms with E-state index >= 15 is 0 Å². The van der Waals surface area contributed by atoms with Crippen LogP contribution in [0.4, 0.5) is 11.4 Å². The number of hydrogen-bond donors (Lipinski definition) is 1. The average molecular weight is 516 g/mol. The Morgan fingerprint density at radius 2 is 1.68 bits per heavy atom. The monoisotopic (exact) mass is 515 g/mol. The van der Waals surface area contributed by atoms with E-state index in [1.165, 1.54) is 54.7 Å². The number of hydrogen-bond acceptors (Lipinski definition) is 4. The van der Waals surface area contributed by atoms with Gasteiger partial charge < -0.3 is 24.4 Å². The number of benzene rings is 1. The fourth-order valence-electron chi connectivity index (χ4n) is 6.60. The van der Waals surface area contributed by atoms with Gasteiger partial charge in [-0.2, -0.15) is 0 Å². The van der Waals surface area contributed by atoms with E-state index in [0.717, 1.165) is 42.8 Å². The SMILES string of the molecule is Cc1cc([C@@H]2[C@@H](c3ccccn3)NC(=S)N2c2ccc(N3CCOCC3)cc2)c(C)n1C1CCCCC1. The van der Waals surface area contributed by atoms with Crippen molar-refractivity contribution in [1.82, 2.24) is 14.9 Å². The molecule has 7 heteroatoms. The third-order valence-electron chi connectivity index (χ3n) is 8.38. The molecule has 194 valence electrons. The van der Waals surface area contributed by atoms with E-state index in [1.807, 2.05) is 12.3 Å². The van der Waals surface area contributed by atoms with Crippen LogP contribution in [-0.2, 0) is 4.74 Å². The first-order chi connectivity index (χ1) is 18.1. The molecule has 2 aliphatic heterocycles. The third kappa shape index (κ3) is 4.64. The summed E-state index contributed by atoms with van der Waals surface area (Å²) in [6.07, 6.45) is 8.43. The van der Waals surface area contributed by atoms with Crippen LogP contribution < -0.4 is 15.1 Å². The van der Waals surface area contributed by atoms with Crippen LogP contribution in [0.25, 0.3) is 0 Å². The van der Waals surface area contributed by atoms with E-state index in [4.69, 9.17) is 21.9 Å². The van der Waals surface area contributed by atoms with Crippen LogP contribution in [0.5, 0.6) is 0 Å². The molecule has 1 N–H and O–H groups in total. The molecule has 4 heterocycles. The van der Waals surface area contributed by atoms with E-state index in [2.05, 4.69) is 76.0 Å². The number of rotatable bonds is 5. The molecule has 0 unspecified atom stereocenters. The Morgan fingerprint density at radius 1 is 0.946 bits per heavy atom. The minimum absolute atomic E-state index is 0.0204. The fraction of sp³-hybridized carbons (Fsp3) is 0.467. The lowest BCUT2D eigenvalue weighted by Crippen LogP contribution is -2.36. The first kappa shape index (κ1) is 24.4. The van der Waals surface area contributed by atoms with Crippen molar-refractivity contribution >= 4 is 28.7 Å². The number of nitrogens with zero attached hydrogens (tertiary/aromatic N) is 4. The number of anilines is 2. The van der Waals surface area contributed by atoms with E-state index in [0.29, 0.717) is 6.04 Å². The van der Waals surface area contributed by atoms with E-state index < -0.39 is 0 Å². The highest BCUT2D eigenvalue weighted by molar-refractivity contribution is 7.80. The first-order valence-electron chi connectivity index (χ1n) is 13.7. The fourth-order valence-corrected chi connectivity index (χ4v) is 6.94. The molecule has 1 saturated carbocycles. The van der Waals surface area contributed by atoms with Gasteiger partial charge in [-0.25, -0.2) is 0 Å². The molecule has 2 saturated heterocycles. The van der Waals surface area contributed by atoms with E-state index in [-0.39, 0.29) is 12.1 Å². The van der Waals surface area contributed by atoms with Gasteiger partial charge in [0.15, 0.2) is 5.11 Å². The lowest BCUT2D eigenvalue weighted by atomic mass is 9.94. The molecule has 3 aliphatic rings. The Morgan fingerprint density at radius 3 is 2.38 bits per heavy atom. The minimum Gasteiger partial charge on any atom is -0.378 e. The van der Waals surface area contributed by atoms with Crippen molar-refractivity contribution < 1.29 is 4.74 Å². The summed E-state index contributed by atoms with van der Waals surface area (Å²) in [6.45, 7) is 8.00. The smallest absolute Gasteiger partial charge is 0.174 e. The summed E-state index contributed by atoms with van der Waals surface area (Å²) in [5.41, 5.74) is 7.41. The molecule has 3 fully saturated rings. The standard InChI is InChI=1S/C30H37N5OS/c1-21-20-26(22(2)34(21)24-8-4-3-5-9-24)29-28(27-10-6-7-15-31-27)32-30(37)35(29)25-13-11-23(12-14-25)33-16-18-36-19-17-33/h6-7,10-15,20,24,28-29H,3-5,8-9,16-19H2,1-2H3,(H,32,37)/t28-,29-/m1/s1. The van der Waals surface area contributed by atoms with Crippen LogP contribution in [0.2, 0.25) is 0 Å². The largest absolute Gasteiger partial charge is 0.378 e. The molecular weight excluding hydrogens is 478 g/mol. The van der Waals surface area contributed by atoms with Gasteiger partial charge >= 0.3 is 0 Å². The Balaban J connectivity index is 1.40. The number of aryl methyl sites for hydroxylation is 1. The first-order valence-corrected chi connectivity index (χ1v) is 14.1. The van der Waals surface area contributed by atoms with Gasteiger partial charge in [0.2, 0.25) is 0 Å². The molecule has 6 nitrogen and oxygen atoms in total. The number of ether oxygens (including phenoxy) is 1. The predicted molar refractivity (Wildman–Crippen MR) is 153 cm³/mol. The summed E-state index contributed by atoms with van der Waals surface area (Å²) < 4.78 is 8.14. The van der Waals surface area contributed by atoms with Crippen molar-refractivity contribution in [3.63, 3.8) is 0 Å². The van der Waals surface area contributed by atoms with Gasteiger partial charge in [-0.15, -0.1) is 0 Å². The summed E-state index contributed by atoms with van der Waals surface area (Å²) >= 11 is 6.00. The average Bonchev–Trinajstić information content (AvgIpc) is 3.45.